The van der Waals surface area contributed by atoms with E-state index in [-0.39, 0.29) is 0 Å². The maximum Gasteiger partial charge on any atom is 0.140 e. The lowest BCUT2D eigenvalue weighted by Crippen LogP contribution is -1.95. The lowest BCUT2D eigenvalue weighted by Gasteiger charge is -2.03. The fourth-order valence-electron chi connectivity index (χ4n) is 1.04. The van der Waals surface area contributed by atoms with Crippen LogP contribution in [0.1, 0.15) is 10.7 Å². The molecule has 0 aliphatic heterocycles. The number of ether oxygens (including phenoxy) is 1. The first kappa shape index (κ1) is 10.4. The summed E-state index contributed by atoms with van der Waals surface area (Å²) in [7, 11) is 0. The number of thiazole rings is 1. The fourth-order valence-corrected chi connectivity index (χ4v) is 1.73. The first-order valence-corrected chi connectivity index (χ1v) is 5.82. The molecule has 0 atom stereocenters. The van der Waals surface area contributed by atoms with Crippen LogP contribution in [0.2, 0.25) is 0 Å². The largest absolute Gasteiger partial charge is 0.485 e. The Bertz CT molecular complexity index is 402. The lowest BCUT2D eigenvalue weighted by molar-refractivity contribution is 0.304. The van der Waals surface area contributed by atoms with Gasteiger partial charge < -0.3 is 4.74 Å². The molecule has 0 amide bonds. The van der Waals surface area contributed by atoms with Crippen LogP contribution < -0.4 is 4.74 Å². The number of aromatic nitrogens is 2. The number of hydrogen-bond donors (Lipinski definition) is 0. The van der Waals surface area contributed by atoms with Crippen molar-refractivity contribution < 1.29 is 4.74 Å². The number of alkyl halides is 1. The average Bonchev–Trinajstić information content (AvgIpc) is 2.80. The van der Waals surface area contributed by atoms with E-state index in [0.717, 1.165) is 16.5 Å². The summed E-state index contributed by atoms with van der Waals surface area (Å²) in [6, 6.07) is 3.71. The summed E-state index contributed by atoms with van der Waals surface area (Å²) in [6.45, 7) is 0.486. The van der Waals surface area contributed by atoms with Crippen LogP contribution in [-0.2, 0) is 12.5 Å². The van der Waals surface area contributed by atoms with Gasteiger partial charge in [0.1, 0.15) is 17.4 Å². The van der Waals surface area contributed by atoms with Gasteiger partial charge >= 0.3 is 0 Å². The third-order valence-corrected chi connectivity index (χ3v) is 2.81. The molecule has 15 heavy (non-hydrogen) atoms. The molecule has 0 spiro atoms. The molecule has 0 saturated heterocycles. The zero-order valence-electron chi connectivity index (χ0n) is 7.89. The van der Waals surface area contributed by atoms with Crippen LogP contribution in [0.25, 0.3) is 0 Å². The van der Waals surface area contributed by atoms with Gasteiger partial charge in [-0.05, 0) is 12.1 Å². The number of rotatable bonds is 4. The average molecular weight is 241 g/mol. The number of halogens is 1. The summed E-state index contributed by atoms with van der Waals surface area (Å²) in [5, 5.41) is 2.88. The van der Waals surface area contributed by atoms with Gasteiger partial charge in [-0.2, -0.15) is 0 Å². The van der Waals surface area contributed by atoms with Gasteiger partial charge in [0, 0.05) is 11.6 Å². The second kappa shape index (κ2) is 5.09. The predicted molar refractivity (Wildman–Crippen MR) is 60.2 cm³/mol. The first-order valence-electron chi connectivity index (χ1n) is 4.40. The lowest BCUT2D eigenvalue weighted by atomic mass is 10.4. The predicted octanol–water partition coefficient (Wildman–Crippen LogP) is 2.86. The maximum absolute atomic E-state index is 5.63. The minimum absolute atomic E-state index is 0.423. The fraction of sp³-hybridized carbons (Fsp3) is 0.200. The number of pyridine rings is 1. The van der Waals surface area contributed by atoms with E-state index < -0.39 is 0 Å². The van der Waals surface area contributed by atoms with E-state index in [0.29, 0.717) is 12.5 Å². The van der Waals surface area contributed by atoms with Crippen molar-refractivity contribution in [2.75, 3.05) is 0 Å². The maximum atomic E-state index is 5.63. The number of nitrogens with zero attached hydrogens (tertiary/aromatic N) is 2. The van der Waals surface area contributed by atoms with E-state index in [1.807, 2.05) is 17.5 Å². The van der Waals surface area contributed by atoms with Crippen LogP contribution >= 0.6 is 22.9 Å². The van der Waals surface area contributed by atoms with Gasteiger partial charge in [0.15, 0.2) is 0 Å². The highest BCUT2D eigenvalue weighted by molar-refractivity contribution is 7.09. The standard InChI is InChI=1S/C10H9ClN2OS/c11-5-8-1-2-9(6-13-8)14-7-10-12-3-4-15-10/h1-4,6H,5,7H2. The molecule has 0 aliphatic rings. The van der Waals surface area contributed by atoms with Gasteiger partial charge in [0.25, 0.3) is 0 Å². The Labute approximate surface area is 96.7 Å². The smallest absolute Gasteiger partial charge is 0.140 e. The molecular formula is C10H9ClN2OS. The van der Waals surface area contributed by atoms with Crippen molar-refractivity contribution >= 4 is 22.9 Å². The molecule has 0 radical (unpaired) electrons. The molecule has 0 unspecified atom stereocenters. The Morgan fingerprint density at radius 3 is 2.87 bits per heavy atom. The highest BCUT2D eigenvalue weighted by Gasteiger charge is 1.98. The van der Waals surface area contributed by atoms with Crippen molar-refractivity contribution in [2.24, 2.45) is 0 Å². The Balaban J connectivity index is 1.93. The topological polar surface area (TPSA) is 35.0 Å². The van der Waals surface area contributed by atoms with Crippen molar-refractivity contribution in [3.05, 3.63) is 40.6 Å². The Morgan fingerprint density at radius 1 is 1.33 bits per heavy atom. The summed E-state index contributed by atoms with van der Waals surface area (Å²) >= 11 is 7.20. The molecule has 2 aromatic rings. The Morgan fingerprint density at radius 2 is 2.27 bits per heavy atom. The highest BCUT2D eigenvalue weighted by Crippen LogP contribution is 2.13. The van der Waals surface area contributed by atoms with Crippen molar-refractivity contribution in [1.82, 2.24) is 9.97 Å². The Kier molecular flexibility index (Phi) is 3.53. The van der Waals surface area contributed by atoms with Gasteiger partial charge in [0.2, 0.25) is 0 Å². The second-order valence-electron chi connectivity index (χ2n) is 2.83. The second-order valence-corrected chi connectivity index (χ2v) is 4.08. The van der Waals surface area contributed by atoms with E-state index in [1.54, 1.807) is 23.7 Å². The van der Waals surface area contributed by atoms with Crippen LogP contribution in [0.15, 0.2) is 29.9 Å². The van der Waals surface area contributed by atoms with E-state index in [1.165, 1.54) is 0 Å². The van der Waals surface area contributed by atoms with Crippen molar-refractivity contribution in [2.45, 2.75) is 12.5 Å². The van der Waals surface area contributed by atoms with Crippen LogP contribution in [0.4, 0.5) is 0 Å². The summed E-state index contributed by atoms with van der Waals surface area (Å²) in [6.07, 6.45) is 3.43. The van der Waals surface area contributed by atoms with Crippen LogP contribution in [-0.4, -0.2) is 9.97 Å². The minimum Gasteiger partial charge on any atom is -0.485 e. The van der Waals surface area contributed by atoms with Crippen LogP contribution in [0, 0.1) is 0 Å². The number of hydrogen-bond acceptors (Lipinski definition) is 4. The Hall–Kier alpha value is -1.13. The van der Waals surface area contributed by atoms with Gasteiger partial charge in [-0.1, -0.05) is 0 Å². The third kappa shape index (κ3) is 2.91. The molecule has 0 saturated carbocycles. The molecule has 2 aromatic heterocycles. The molecular weight excluding hydrogens is 232 g/mol. The van der Waals surface area contributed by atoms with Gasteiger partial charge in [-0.25, -0.2) is 4.98 Å². The monoisotopic (exact) mass is 240 g/mol. The molecule has 5 heteroatoms. The van der Waals surface area contributed by atoms with Crippen LogP contribution in [0.5, 0.6) is 5.75 Å². The van der Waals surface area contributed by atoms with Gasteiger partial charge in [-0.3, -0.25) is 4.98 Å². The van der Waals surface area contributed by atoms with E-state index >= 15 is 0 Å². The van der Waals surface area contributed by atoms with E-state index in [9.17, 15) is 0 Å². The van der Waals surface area contributed by atoms with Crippen molar-refractivity contribution in [3.63, 3.8) is 0 Å². The van der Waals surface area contributed by atoms with Gasteiger partial charge in [-0.15, -0.1) is 22.9 Å². The van der Waals surface area contributed by atoms with Gasteiger partial charge in [0.05, 0.1) is 17.8 Å². The normalized spacial score (nSPS) is 10.2. The zero-order chi connectivity index (χ0) is 10.5. The molecule has 0 aliphatic carbocycles. The molecule has 78 valence electrons. The van der Waals surface area contributed by atoms with E-state index in [2.05, 4.69) is 9.97 Å². The molecule has 0 aromatic carbocycles. The quantitative estimate of drug-likeness (QED) is 0.771. The molecule has 0 bridgehead atoms. The summed E-state index contributed by atoms with van der Waals surface area (Å²) in [5.41, 5.74) is 0.846. The van der Waals surface area contributed by atoms with Crippen LogP contribution in [0.3, 0.4) is 0 Å². The molecule has 0 N–H and O–H groups in total. The highest BCUT2D eigenvalue weighted by atomic mass is 35.5. The molecule has 2 heterocycles. The minimum atomic E-state index is 0.423. The first-order chi connectivity index (χ1) is 7.38. The summed E-state index contributed by atoms with van der Waals surface area (Å²) in [4.78, 5) is 8.24. The SMILES string of the molecule is ClCc1ccc(OCc2nccs2)cn1. The molecule has 3 nitrogen and oxygen atoms in total. The summed E-state index contributed by atoms with van der Waals surface area (Å²) < 4.78 is 5.49. The van der Waals surface area contributed by atoms with E-state index in [4.69, 9.17) is 16.3 Å². The zero-order valence-corrected chi connectivity index (χ0v) is 9.46. The molecule has 0 fully saturated rings. The van der Waals surface area contributed by atoms with Crippen molar-refractivity contribution in [3.8, 4) is 5.75 Å². The third-order valence-electron chi connectivity index (χ3n) is 1.78. The molecule has 2 rings (SSSR count). The van der Waals surface area contributed by atoms with Crippen molar-refractivity contribution in [1.29, 1.82) is 0 Å². The summed E-state index contributed by atoms with van der Waals surface area (Å²) in [5.74, 6) is 1.16.